The number of hydrogen-bond acceptors (Lipinski definition) is 3. The largest absolute Gasteiger partial charge is 0.497 e. The van der Waals surface area contributed by atoms with Crippen molar-refractivity contribution in [1.82, 2.24) is 4.90 Å². The van der Waals surface area contributed by atoms with Crippen molar-refractivity contribution in [2.45, 2.75) is 25.5 Å². The van der Waals surface area contributed by atoms with E-state index < -0.39 is 0 Å². The molecule has 0 spiro atoms. The van der Waals surface area contributed by atoms with Crippen molar-refractivity contribution in [1.29, 1.82) is 0 Å². The summed E-state index contributed by atoms with van der Waals surface area (Å²) in [4.78, 5) is 2.11. The predicted octanol–water partition coefficient (Wildman–Crippen LogP) is 2.55. The molecule has 0 heterocycles. The van der Waals surface area contributed by atoms with Gasteiger partial charge in [0.2, 0.25) is 0 Å². The van der Waals surface area contributed by atoms with Crippen molar-refractivity contribution in [2.75, 3.05) is 20.7 Å². The van der Waals surface area contributed by atoms with Crippen molar-refractivity contribution in [3.8, 4) is 5.75 Å². The van der Waals surface area contributed by atoms with Gasteiger partial charge < -0.3 is 9.84 Å². The first kappa shape index (κ1) is 13.7. The Morgan fingerprint density at radius 2 is 2.22 bits per heavy atom. The van der Waals surface area contributed by atoms with Crippen molar-refractivity contribution in [2.24, 2.45) is 5.92 Å². The number of nitrogens with zero attached hydrogens (tertiary/aromatic N) is 1. The van der Waals surface area contributed by atoms with Crippen LogP contribution in [0.15, 0.2) is 18.2 Å². The molecule has 0 aliphatic heterocycles. The Morgan fingerprint density at radius 3 is 2.78 bits per heavy atom. The average molecular weight is 270 g/mol. The number of benzene rings is 1. The van der Waals surface area contributed by atoms with E-state index in [0.717, 1.165) is 30.7 Å². The van der Waals surface area contributed by atoms with Gasteiger partial charge in [0, 0.05) is 18.1 Å². The molecule has 18 heavy (non-hydrogen) atoms. The first-order valence-corrected chi connectivity index (χ1v) is 6.67. The normalized spacial score (nSPS) is 16.9. The molecule has 1 aliphatic rings. The van der Waals surface area contributed by atoms with Crippen molar-refractivity contribution < 1.29 is 9.84 Å². The van der Waals surface area contributed by atoms with Crippen molar-refractivity contribution in [3.63, 3.8) is 0 Å². The number of likely N-dealkylation sites (N-methyl/N-ethyl adjacent to an activating group) is 1. The summed E-state index contributed by atoms with van der Waals surface area (Å²) in [7, 11) is 3.63. The minimum atomic E-state index is -0.202. The van der Waals surface area contributed by atoms with E-state index >= 15 is 0 Å². The third-order valence-corrected chi connectivity index (χ3v) is 3.72. The van der Waals surface area contributed by atoms with Crippen LogP contribution in [0.5, 0.6) is 5.75 Å². The molecule has 1 aromatic carbocycles. The number of rotatable bonds is 6. The maximum atomic E-state index is 9.89. The van der Waals surface area contributed by atoms with E-state index in [9.17, 15) is 5.11 Å². The van der Waals surface area contributed by atoms with Crippen LogP contribution in [0.3, 0.4) is 0 Å². The molecule has 4 heteroatoms. The maximum Gasteiger partial charge on any atom is 0.120 e. The number of aliphatic hydroxyl groups is 1. The van der Waals surface area contributed by atoms with Gasteiger partial charge in [-0.25, -0.2) is 0 Å². The Labute approximate surface area is 113 Å². The van der Waals surface area contributed by atoms with Gasteiger partial charge in [0.1, 0.15) is 5.75 Å². The summed E-state index contributed by atoms with van der Waals surface area (Å²) in [5.41, 5.74) is 1.06. The Hall–Kier alpha value is -0.770. The molecule has 1 unspecified atom stereocenters. The summed E-state index contributed by atoms with van der Waals surface area (Å²) in [6.07, 6.45) is 2.13. The Balaban J connectivity index is 1.91. The molecule has 0 aromatic heterocycles. The van der Waals surface area contributed by atoms with Gasteiger partial charge in [-0.3, -0.25) is 4.90 Å². The Bertz CT molecular complexity index is 407. The summed E-state index contributed by atoms with van der Waals surface area (Å²) >= 11 is 6.19. The number of hydrogen-bond donors (Lipinski definition) is 1. The smallest absolute Gasteiger partial charge is 0.120 e. The highest BCUT2D eigenvalue weighted by Gasteiger charge is 2.30. The van der Waals surface area contributed by atoms with E-state index in [1.165, 1.54) is 0 Å². The molecular formula is C14H20ClNO2. The quantitative estimate of drug-likeness (QED) is 0.862. The van der Waals surface area contributed by atoms with Crippen LogP contribution in [-0.2, 0) is 6.54 Å². The lowest BCUT2D eigenvalue weighted by molar-refractivity contribution is 0.104. The molecule has 1 fully saturated rings. The SMILES string of the molecule is COc1ccc(CN(C)CC(O)C2CC2)c(Cl)c1. The zero-order valence-corrected chi connectivity index (χ0v) is 11.7. The maximum absolute atomic E-state index is 9.89. The Kier molecular flexibility index (Phi) is 4.49. The molecule has 1 aromatic rings. The molecule has 3 nitrogen and oxygen atoms in total. The topological polar surface area (TPSA) is 32.7 Å². The molecule has 0 bridgehead atoms. The van der Waals surface area contributed by atoms with Crippen LogP contribution in [0, 0.1) is 5.92 Å². The molecule has 0 amide bonds. The molecule has 1 N–H and O–H groups in total. The summed E-state index contributed by atoms with van der Waals surface area (Å²) in [5, 5.41) is 10.6. The van der Waals surface area contributed by atoms with Crippen LogP contribution < -0.4 is 4.74 Å². The highest BCUT2D eigenvalue weighted by molar-refractivity contribution is 6.31. The lowest BCUT2D eigenvalue weighted by Crippen LogP contribution is -2.30. The molecular weight excluding hydrogens is 250 g/mol. The lowest BCUT2D eigenvalue weighted by atomic mass is 10.2. The first-order valence-electron chi connectivity index (χ1n) is 6.29. The van der Waals surface area contributed by atoms with Crippen LogP contribution >= 0.6 is 11.6 Å². The molecule has 0 saturated heterocycles. The fourth-order valence-electron chi connectivity index (χ4n) is 2.09. The number of aliphatic hydroxyl groups excluding tert-OH is 1. The van der Waals surface area contributed by atoms with Gasteiger partial charge in [0.15, 0.2) is 0 Å². The van der Waals surface area contributed by atoms with Gasteiger partial charge in [-0.1, -0.05) is 17.7 Å². The molecule has 2 rings (SSSR count). The lowest BCUT2D eigenvalue weighted by Gasteiger charge is -2.21. The number of methoxy groups -OCH3 is 1. The third-order valence-electron chi connectivity index (χ3n) is 3.37. The molecule has 1 saturated carbocycles. The summed E-state index contributed by atoms with van der Waals surface area (Å²) in [6, 6.07) is 5.70. The van der Waals surface area contributed by atoms with Crippen LogP contribution in [0.25, 0.3) is 0 Å². The van der Waals surface area contributed by atoms with Gasteiger partial charge in [-0.2, -0.15) is 0 Å². The van der Waals surface area contributed by atoms with E-state index in [4.69, 9.17) is 16.3 Å². The Morgan fingerprint density at radius 1 is 1.50 bits per heavy atom. The molecule has 1 aliphatic carbocycles. The van der Waals surface area contributed by atoms with Gasteiger partial charge >= 0.3 is 0 Å². The molecule has 1 atom stereocenters. The minimum absolute atomic E-state index is 0.202. The second kappa shape index (κ2) is 5.91. The van der Waals surface area contributed by atoms with E-state index in [2.05, 4.69) is 4.90 Å². The van der Waals surface area contributed by atoms with Gasteiger partial charge in [0.05, 0.1) is 13.2 Å². The van der Waals surface area contributed by atoms with Crippen molar-refractivity contribution >= 4 is 11.6 Å². The second-order valence-electron chi connectivity index (χ2n) is 5.06. The molecule has 0 radical (unpaired) electrons. The summed E-state index contributed by atoms with van der Waals surface area (Å²) < 4.78 is 5.12. The van der Waals surface area contributed by atoms with Gasteiger partial charge in [0.25, 0.3) is 0 Å². The van der Waals surface area contributed by atoms with E-state index in [1.807, 2.05) is 25.2 Å². The number of ether oxygens (including phenoxy) is 1. The van der Waals surface area contributed by atoms with E-state index in [0.29, 0.717) is 17.5 Å². The van der Waals surface area contributed by atoms with Crippen LogP contribution in [0.2, 0.25) is 5.02 Å². The highest BCUT2D eigenvalue weighted by Crippen LogP contribution is 2.33. The number of halogens is 1. The summed E-state index contributed by atoms with van der Waals surface area (Å²) in [5.74, 6) is 1.28. The fourth-order valence-corrected chi connectivity index (χ4v) is 2.32. The van der Waals surface area contributed by atoms with Crippen molar-refractivity contribution in [3.05, 3.63) is 28.8 Å². The zero-order valence-electron chi connectivity index (χ0n) is 10.9. The fraction of sp³-hybridized carbons (Fsp3) is 0.571. The van der Waals surface area contributed by atoms with Crippen LogP contribution in [-0.4, -0.2) is 36.8 Å². The summed E-state index contributed by atoms with van der Waals surface area (Å²) in [6.45, 7) is 1.44. The van der Waals surface area contributed by atoms with Crippen LogP contribution in [0.1, 0.15) is 18.4 Å². The van der Waals surface area contributed by atoms with E-state index in [1.54, 1.807) is 7.11 Å². The van der Waals surface area contributed by atoms with Gasteiger partial charge in [-0.15, -0.1) is 0 Å². The molecule has 100 valence electrons. The van der Waals surface area contributed by atoms with Crippen LogP contribution in [0.4, 0.5) is 0 Å². The zero-order chi connectivity index (χ0) is 13.1. The minimum Gasteiger partial charge on any atom is -0.497 e. The first-order chi connectivity index (χ1) is 8.60. The second-order valence-corrected chi connectivity index (χ2v) is 5.47. The van der Waals surface area contributed by atoms with E-state index in [-0.39, 0.29) is 6.10 Å². The van der Waals surface area contributed by atoms with Gasteiger partial charge in [-0.05, 0) is 43.5 Å². The average Bonchev–Trinajstić information content (AvgIpc) is 3.15. The monoisotopic (exact) mass is 269 g/mol. The third kappa shape index (κ3) is 3.61. The standard InChI is InChI=1S/C14H20ClNO2/c1-16(9-14(17)10-3-4-10)8-11-5-6-12(18-2)7-13(11)15/h5-7,10,14,17H,3-4,8-9H2,1-2H3. The highest BCUT2D eigenvalue weighted by atomic mass is 35.5. The predicted molar refractivity (Wildman–Crippen MR) is 73.1 cm³/mol.